The Morgan fingerprint density at radius 2 is 1.95 bits per heavy atom. The van der Waals surface area contributed by atoms with Gasteiger partial charge in [-0.25, -0.2) is 4.79 Å². The van der Waals surface area contributed by atoms with Crippen molar-refractivity contribution in [3.63, 3.8) is 0 Å². The number of rotatable bonds is 2. The average Bonchev–Trinajstić information content (AvgIpc) is 2.42. The molecule has 0 atom stereocenters. The SMILES string of the molecule is CN(C)C(=O)N1CCC(Nc2ccc(Br)cc2Br)CC1. The summed E-state index contributed by atoms with van der Waals surface area (Å²) in [5.41, 5.74) is 1.10. The molecule has 0 aromatic heterocycles. The minimum Gasteiger partial charge on any atom is -0.381 e. The lowest BCUT2D eigenvalue weighted by molar-refractivity contribution is 0.158. The molecular weight excluding hydrogens is 386 g/mol. The molecule has 1 aromatic rings. The third kappa shape index (κ3) is 3.88. The lowest BCUT2D eigenvalue weighted by Gasteiger charge is -2.34. The molecule has 20 heavy (non-hydrogen) atoms. The van der Waals surface area contributed by atoms with Gasteiger partial charge in [0.15, 0.2) is 0 Å². The zero-order valence-corrected chi connectivity index (χ0v) is 14.9. The van der Waals surface area contributed by atoms with Crippen LogP contribution in [0.1, 0.15) is 12.8 Å². The second-order valence-corrected chi connectivity index (χ2v) is 6.98. The topological polar surface area (TPSA) is 35.6 Å². The van der Waals surface area contributed by atoms with Crippen LogP contribution >= 0.6 is 31.9 Å². The molecule has 1 heterocycles. The molecule has 0 saturated carbocycles. The molecule has 1 fully saturated rings. The average molecular weight is 405 g/mol. The Morgan fingerprint density at radius 1 is 1.30 bits per heavy atom. The summed E-state index contributed by atoms with van der Waals surface area (Å²) in [6.45, 7) is 1.62. The van der Waals surface area contributed by atoms with E-state index in [-0.39, 0.29) is 6.03 Å². The Morgan fingerprint density at radius 3 is 2.50 bits per heavy atom. The summed E-state index contributed by atoms with van der Waals surface area (Å²) in [5.74, 6) is 0. The standard InChI is InChI=1S/C14H19Br2N3O/c1-18(2)14(20)19-7-5-11(6-8-19)17-13-4-3-10(15)9-12(13)16/h3-4,9,11,17H,5-8H2,1-2H3. The second kappa shape index (κ2) is 6.80. The number of hydrogen-bond acceptors (Lipinski definition) is 2. The smallest absolute Gasteiger partial charge is 0.319 e. The van der Waals surface area contributed by atoms with Crippen molar-refractivity contribution in [3.05, 3.63) is 27.1 Å². The summed E-state index contributed by atoms with van der Waals surface area (Å²) in [5, 5.41) is 3.55. The van der Waals surface area contributed by atoms with Crippen molar-refractivity contribution in [3.8, 4) is 0 Å². The number of benzene rings is 1. The lowest BCUT2D eigenvalue weighted by atomic mass is 10.0. The van der Waals surface area contributed by atoms with Gasteiger partial charge in [0.1, 0.15) is 0 Å². The quantitative estimate of drug-likeness (QED) is 0.814. The van der Waals surface area contributed by atoms with Gasteiger partial charge < -0.3 is 15.1 Å². The van der Waals surface area contributed by atoms with Gasteiger partial charge in [0.25, 0.3) is 0 Å². The van der Waals surface area contributed by atoms with E-state index in [2.05, 4.69) is 43.2 Å². The number of hydrogen-bond donors (Lipinski definition) is 1. The van der Waals surface area contributed by atoms with Gasteiger partial charge in [-0.1, -0.05) is 15.9 Å². The van der Waals surface area contributed by atoms with E-state index in [9.17, 15) is 4.79 Å². The number of nitrogens with one attached hydrogen (secondary N) is 1. The van der Waals surface area contributed by atoms with E-state index in [1.54, 1.807) is 19.0 Å². The molecule has 0 spiro atoms. The van der Waals surface area contributed by atoms with E-state index in [0.29, 0.717) is 6.04 Å². The molecule has 0 radical (unpaired) electrons. The van der Waals surface area contributed by atoms with E-state index in [0.717, 1.165) is 40.6 Å². The van der Waals surface area contributed by atoms with Crippen LogP contribution in [0.5, 0.6) is 0 Å². The fraction of sp³-hybridized carbons (Fsp3) is 0.500. The summed E-state index contributed by atoms with van der Waals surface area (Å²) in [6.07, 6.45) is 1.95. The first-order valence-corrected chi connectivity index (χ1v) is 8.24. The van der Waals surface area contributed by atoms with Gasteiger partial charge in [0.2, 0.25) is 0 Å². The highest BCUT2D eigenvalue weighted by molar-refractivity contribution is 9.11. The molecule has 1 aliphatic heterocycles. The minimum atomic E-state index is 0.105. The molecule has 2 amide bonds. The highest BCUT2D eigenvalue weighted by Gasteiger charge is 2.23. The molecule has 1 aliphatic rings. The summed E-state index contributed by atoms with van der Waals surface area (Å²) in [7, 11) is 3.59. The van der Waals surface area contributed by atoms with Gasteiger partial charge in [0, 0.05) is 47.9 Å². The van der Waals surface area contributed by atoms with Crippen LogP contribution in [0.4, 0.5) is 10.5 Å². The molecule has 4 nitrogen and oxygen atoms in total. The van der Waals surface area contributed by atoms with Crippen molar-refractivity contribution in [1.82, 2.24) is 9.80 Å². The van der Waals surface area contributed by atoms with E-state index in [1.165, 1.54) is 0 Å². The number of carbonyl (C=O) groups is 1. The van der Waals surface area contributed by atoms with Gasteiger partial charge in [0.05, 0.1) is 0 Å². The molecule has 1 N–H and O–H groups in total. The van der Waals surface area contributed by atoms with Crippen molar-refractivity contribution >= 4 is 43.6 Å². The van der Waals surface area contributed by atoms with Crippen molar-refractivity contribution in [2.24, 2.45) is 0 Å². The normalized spacial score (nSPS) is 16.1. The predicted octanol–water partition coefficient (Wildman–Crippen LogP) is 3.77. The number of nitrogens with zero attached hydrogens (tertiary/aromatic N) is 2. The molecule has 110 valence electrons. The van der Waals surface area contributed by atoms with Crippen LogP contribution < -0.4 is 5.32 Å². The highest BCUT2D eigenvalue weighted by Crippen LogP contribution is 2.28. The van der Waals surface area contributed by atoms with E-state index in [4.69, 9.17) is 0 Å². The van der Waals surface area contributed by atoms with Crippen LogP contribution in [0.2, 0.25) is 0 Å². The third-order valence-electron chi connectivity index (χ3n) is 3.44. The number of piperidine rings is 1. The van der Waals surface area contributed by atoms with Crippen molar-refractivity contribution in [1.29, 1.82) is 0 Å². The van der Waals surface area contributed by atoms with E-state index < -0.39 is 0 Å². The maximum absolute atomic E-state index is 11.9. The number of urea groups is 1. The van der Waals surface area contributed by atoms with Crippen LogP contribution in [0.15, 0.2) is 27.1 Å². The van der Waals surface area contributed by atoms with Crippen molar-refractivity contribution in [2.45, 2.75) is 18.9 Å². The first-order valence-electron chi connectivity index (χ1n) is 6.65. The molecule has 1 aromatic carbocycles. The van der Waals surface area contributed by atoms with E-state index >= 15 is 0 Å². The number of amides is 2. The number of halogens is 2. The maximum atomic E-state index is 11.9. The summed E-state index contributed by atoms with van der Waals surface area (Å²) >= 11 is 7.02. The van der Waals surface area contributed by atoms with Crippen LogP contribution in [0, 0.1) is 0 Å². The molecule has 0 unspecified atom stereocenters. The van der Waals surface area contributed by atoms with Crippen molar-refractivity contribution < 1.29 is 4.79 Å². The second-order valence-electron chi connectivity index (χ2n) is 5.21. The Kier molecular flexibility index (Phi) is 5.32. The van der Waals surface area contributed by atoms with Crippen molar-refractivity contribution in [2.75, 3.05) is 32.5 Å². The van der Waals surface area contributed by atoms with Gasteiger partial charge in [-0.05, 0) is 47.0 Å². The molecule has 2 rings (SSSR count). The van der Waals surface area contributed by atoms with Gasteiger partial charge in [-0.2, -0.15) is 0 Å². The number of carbonyl (C=O) groups excluding carboxylic acids is 1. The Hall–Kier alpha value is -0.750. The maximum Gasteiger partial charge on any atom is 0.319 e. The minimum absolute atomic E-state index is 0.105. The number of anilines is 1. The lowest BCUT2D eigenvalue weighted by Crippen LogP contribution is -2.46. The van der Waals surface area contributed by atoms with Gasteiger partial charge in [-0.3, -0.25) is 0 Å². The molecular formula is C14H19Br2N3O. The first-order chi connectivity index (χ1) is 9.47. The third-order valence-corrected chi connectivity index (χ3v) is 4.59. The van der Waals surface area contributed by atoms with E-state index in [1.807, 2.05) is 17.0 Å². The highest BCUT2D eigenvalue weighted by atomic mass is 79.9. The zero-order valence-electron chi connectivity index (χ0n) is 11.7. The first kappa shape index (κ1) is 15.6. The fourth-order valence-corrected chi connectivity index (χ4v) is 3.49. The van der Waals surface area contributed by atoms with Crippen LogP contribution in [-0.2, 0) is 0 Å². The summed E-state index contributed by atoms with van der Waals surface area (Å²) in [4.78, 5) is 15.4. The Labute approximate surface area is 136 Å². The molecule has 1 saturated heterocycles. The zero-order chi connectivity index (χ0) is 14.7. The fourth-order valence-electron chi connectivity index (χ4n) is 2.32. The summed E-state index contributed by atoms with van der Waals surface area (Å²) in [6, 6.07) is 6.64. The monoisotopic (exact) mass is 403 g/mol. The van der Waals surface area contributed by atoms with Crippen LogP contribution in [0.3, 0.4) is 0 Å². The van der Waals surface area contributed by atoms with Gasteiger partial charge >= 0.3 is 6.03 Å². The van der Waals surface area contributed by atoms with Crippen LogP contribution in [0.25, 0.3) is 0 Å². The van der Waals surface area contributed by atoms with Gasteiger partial charge in [-0.15, -0.1) is 0 Å². The summed E-state index contributed by atoms with van der Waals surface area (Å²) < 4.78 is 2.11. The predicted molar refractivity (Wildman–Crippen MR) is 89.1 cm³/mol. The van der Waals surface area contributed by atoms with Crippen LogP contribution in [-0.4, -0.2) is 49.1 Å². The Bertz CT molecular complexity index is 485. The molecule has 0 aliphatic carbocycles. The molecule has 6 heteroatoms. The Balaban J connectivity index is 1.90. The molecule has 0 bridgehead atoms. The number of likely N-dealkylation sites (tertiary alicyclic amines) is 1. The largest absolute Gasteiger partial charge is 0.381 e.